The van der Waals surface area contributed by atoms with Crippen molar-refractivity contribution in [2.24, 2.45) is 5.92 Å². The Bertz CT molecular complexity index is 466. The molecule has 0 bridgehead atoms. The predicted molar refractivity (Wildman–Crippen MR) is 81.1 cm³/mol. The topological polar surface area (TPSA) is 75.1 Å². The van der Waals surface area contributed by atoms with Gasteiger partial charge in [-0.1, -0.05) is 6.92 Å². The number of aromatic nitrogens is 2. The number of carbonyl (C=O) groups excluding carboxylic acids is 1. The molecule has 20 heavy (non-hydrogen) atoms. The fourth-order valence-corrected chi connectivity index (χ4v) is 2.59. The fraction of sp³-hybridized carbons (Fsp3) is 0.643. The minimum absolute atomic E-state index is 0.122. The summed E-state index contributed by atoms with van der Waals surface area (Å²) < 4.78 is 0. The first kappa shape index (κ1) is 16.9. The number of aliphatic hydroxyl groups excluding tert-OH is 1. The van der Waals surface area contributed by atoms with Gasteiger partial charge in [-0.25, -0.2) is 9.97 Å². The second-order valence-corrected chi connectivity index (χ2v) is 5.72. The van der Waals surface area contributed by atoms with Crippen molar-refractivity contribution in [3.05, 3.63) is 17.1 Å². The van der Waals surface area contributed by atoms with Crippen LogP contribution in [0.25, 0.3) is 0 Å². The molecule has 1 atom stereocenters. The lowest BCUT2D eigenvalue weighted by molar-refractivity contribution is 0.0947. The molecule has 1 amide bonds. The lowest BCUT2D eigenvalue weighted by Crippen LogP contribution is -2.27. The Kier molecular flexibility index (Phi) is 6.95. The molecule has 1 rings (SSSR count). The standard InChI is InChI=1S/C14H23N3O2S/c1-9(8-18)6-5-7-15-13(19)12-10(2)16-11(3)17-14(12)20-4/h9,18H,5-8H2,1-4H3,(H,15,19). The molecule has 0 saturated carbocycles. The summed E-state index contributed by atoms with van der Waals surface area (Å²) in [4.78, 5) is 20.8. The molecule has 1 unspecified atom stereocenters. The van der Waals surface area contributed by atoms with E-state index in [4.69, 9.17) is 5.11 Å². The van der Waals surface area contributed by atoms with Crippen LogP contribution in [0.4, 0.5) is 0 Å². The third kappa shape index (κ3) is 4.76. The molecule has 0 aliphatic rings. The maximum atomic E-state index is 12.2. The van der Waals surface area contributed by atoms with E-state index >= 15 is 0 Å². The van der Waals surface area contributed by atoms with Gasteiger partial charge in [-0.3, -0.25) is 4.79 Å². The molecule has 2 N–H and O–H groups in total. The van der Waals surface area contributed by atoms with Crippen LogP contribution in [0.1, 0.15) is 41.6 Å². The molecule has 112 valence electrons. The van der Waals surface area contributed by atoms with Gasteiger partial charge >= 0.3 is 0 Å². The smallest absolute Gasteiger partial charge is 0.255 e. The third-order valence-corrected chi connectivity index (χ3v) is 3.74. The Hall–Kier alpha value is -1.14. The number of thioether (sulfide) groups is 1. The second-order valence-electron chi connectivity index (χ2n) is 4.93. The first-order chi connectivity index (χ1) is 9.49. The van der Waals surface area contributed by atoms with E-state index in [0.717, 1.165) is 17.9 Å². The quantitative estimate of drug-likeness (QED) is 0.457. The summed E-state index contributed by atoms with van der Waals surface area (Å²) in [5.74, 6) is 0.835. The minimum Gasteiger partial charge on any atom is -0.396 e. The molecule has 5 nitrogen and oxygen atoms in total. The average Bonchev–Trinajstić information content (AvgIpc) is 2.41. The number of rotatable bonds is 7. The predicted octanol–water partition coefficient (Wildman–Crippen LogP) is 1.95. The van der Waals surface area contributed by atoms with E-state index in [1.54, 1.807) is 0 Å². The number of amides is 1. The maximum Gasteiger partial charge on any atom is 0.255 e. The highest BCUT2D eigenvalue weighted by molar-refractivity contribution is 7.98. The summed E-state index contributed by atoms with van der Waals surface area (Å²) >= 11 is 1.45. The molecule has 0 fully saturated rings. The highest BCUT2D eigenvalue weighted by atomic mass is 32.2. The lowest BCUT2D eigenvalue weighted by atomic mass is 10.1. The van der Waals surface area contributed by atoms with Gasteiger partial charge in [0, 0.05) is 13.2 Å². The molecule has 1 aromatic rings. The van der Waals surface area contributed by atoms with Gasteiger partial charge in [-0.2, -0.15) is 0 Å². The number of nitrogens with zero attached hydrogens (tertiary/aromatic N) is 2. The third-order valence-electron chi connectivity index (χ3n) is 3.06. The van der Waals surface area contributed by atoms with Crippen molar-refractivity contribution in [2.45, 2.75) is 38.6 Å². The SMILES string of the molecule is CSc1nc(C)nc(C)c1C(=O)NCCCC(C)CO. The van der Waals surface area contributed by atoms with Gasteiger partial charge < -0.3 is 10.4 Å². The van der Waals surface area contributed by atoms with Crippen molar-refractivity contribution in [1.29, 1.82) is 0 Å². The summed E-state index contributed by atoms with van der Waals surface area (Å²) in [6, 6.07) is 0. The number of hydrogen-bond donors (Lipinski definition) is 2. The summed E-state index contributed by atoms with van der Waals surface area (Å²) in [5, 5.41) is 12.6. The largest absolute Gasteiger partial charge is 0.396 e. The molecular formula is C14H23N3O2S. The zero-order valence-corrected chi connectivity index (χ0v) is 13.4. The Morgan fingerprint density at radius 2 is 2.10 bits per heavy atom. The summed E-state index contributed by atoms with van der Waals surface area (Å²) in [7, 11) is 0. The van der Waals surface area contributed by atoms with Crippen molar-refractivity contribution in [2.75, 3.05) is 19.4 Å². The molecule has 1 heterocycles. The molecule has 0 radical (unpaired) electrons. The van der Waals surface area contributed by atoms with E-state index < -0.39 is 0 Å². The van der Waals surface area contributed by atoms with Crippen molar-refractivity contribution < 1.29 is 9.90 Å². The van der Waals surface area contributed by atoms with Crippen LogP contribution in [-0.4, -0.2) is 40.4 Å². The molecule has 0 spiro atoms. The fourth-order valence-electron chi connectivity index (χ4n) is 1.92. The molecule has 6 heteroatoms. The van der Waals surface area contributed by atoms with Crippen LogP contribution >= 0.6 is 11.8 Å². The second kappa shape index (κ2) is 8.21. The molecular weight excluding hydrogens is 274 g/mol. The van der Waals surface area contributed by atoms with Gasteiger partial charge in [-0.05, 0) is 38.9 Å². The number of carbonyl (C=O) groups is 1. The highest BCUT2D eigenvalue weighted by Crippen LogP contribution is 2.20. The van der Waals surface area contributed by atoms with Crippen LogP contribution in [0.15, 0.2) is 5.03 Å². The van der Waals surface area contributed by atoms with Gasteiger partial charge in [0.15, 0.2) is 0 Å². The van der Waals surface area contributed by atoms with Crippen LogP contribution < -0.4 is 5.32 Å². The monoisotopic (exact) mass is 297 g/mol. The summed E-state index contributed by atoms with van der Waals surface area (Å²) in [5.41, 5.74) is 1.28. The van der Waals surface area contributed by atoms with E-state index in [2.05, 4.69) is 15.3 Å². The summed E-state index contributed by atoms with van der Waals surface area (Å²) in [6.45, 7) is 6.44. The normalized spacial score (nSPS) is 12.2. The number of aliphatic hydroxyl groups is 1. The maximum absolute atomic E-state index is 12.2. The van der Waals surface area contributed by atoms with E-state index in [1.165, 1.54) is 11.8 Å². The van der Waals surface area contributed by atoms with Crippen molar-refractivity contribution in [1.82, 2.24) is 15.3 Å². The molecule has 1 aromatic heterocycles. The van der Waals surface area contributed by atoms with Gasteiger partial charge in [-0.15, -0.1) is 11.8 Å². The Labute approximate surface area is 124 Å². The zero-order chi connectivity index (χ0) is 15.1. The molecule has 0 aliphatic carbocycles. The number of hydrogen-bond acceptors (Lipinski definition) is 5. The number of aryl methyl sites for hydroxylation is 2. The Morgan fingerprint density at radius 3 is 2.70 bits per heavy atom. The lowest BCUT2D eigenvalue weighted by Gasteiger charge is -2.12. The minimum atomic E-state index is -0.122. The van der Waals surface area contributed by atoms with Crippen LogP contribution in [0.2, 0.25) is 0 Å². The highest BCUT2D eigenvalue weighted by Gasteiger charge is 2.16. The zero-order valence-electron chi connectivity index (χ0n) is 12.6. The van der Waals surface area contributed by atoms with Crippen molar-refractivity contribution in [3.63, 3.8) is 0 Å². The first-order valence-electron chi connectivity index (χ1n) is 6.77. The summed E-state index contributed by atoms with van der Waals surface area (Å²) in [6.07, 6.45) is 3.66. The van der Waals surface area contributed by atoms with Gasteiger partial charge in [0.05, 0.1) is 11.3 Å². The van der Waals surface area contributed by atoms with Crippen LogP contribution in [-0.2, 0) is 0 Å². The van der Waals surface area contributed by atoms with E-state index in [1.807, 2.05) is 27.0 Å². The Balaban J connectivity index is 2.64. The molecule has 0 aliphatic heterocycles. The van der Waals surface area contributed by atoms with Crippen LogP contribution in [0.3, 0.4) is 0 Å². The van der Waals surface area contributed by atoms with Gasteiger partial charge in [0.25, 0.3) is 5.91 Å². The average molecular weight is 297 g/mol. The Morgan fingerprint density at radius 1 is 1.40 bits per heavy atom. The molecule has 0 aromatic carbocycles. The first-order valence-corrected chi connectivity index (χ1v) is 8.00. The van der Waals surface area contributed by atoms with E-state index in [0.29, 0.717) is 23.6 Å². The van der Waals surface area contributed by atoms with Crippen LogP contribution in [0.5, 0.6) is 0 Å². The van der Waals surface area contributed by atoms with Gasteiger partial charge in [0.1, 0.15) is 10.9 Å². The van der Waals surface area contributed by atoms with Gasteiger partial charge in [0.2, 0.25) is 0 Å². The van der Waals surface area contributed by atoms with Crippen molar-refractivity contribution >= 4 is 17.7 Å². The van der Waals surface area contributed by atoms with E-state index in [-0.39, 0.29) is 18.4 Å². The van der Waals surface area contributed by atoms with E-state index in [9.17, 15) is 4.79 Å². The molecule has 0 saturated heterocycles. The number of nitrogens with one attached hydrogen (secondary N) is 1. The van der Waals surface area contributed by atoms with Crippen LogP contribution in [0, 0.1) is 19.8 Å². The van der Waals surface area contributed by atoms with Crippen molar-refractivity contribution in [3.8, 4) is 0 Å².